The number of imide groups is 2. The number of halogens is 2. The first-order valence-corrected chi connectivity index (χ1v) is 19.0. The number of benzene rings is 5. The van der Waals surface area contributed by atoms with Gasteiger partial charge in [0.25, 0.3) is 11.8 Å². The predicted octanol–water partition coefficient (Wildman–Crippen LogP) is 8.18. The molecule has 0 bridgehead atoms. The molecule has 6 aromatic rings. The van der Waals surface area contributed by atoms with Crippen LogP contribution in [0.4, 0.5) is 15.8 Å². The fourth-order valence-electron chi connectivity index (χ4n) is 9.70. The zero-order valence-corrected chi connectivity index (χ0v) is 30.8. The Kier molecular flexibility index (Phi) is 7.95. The Bertz CT molecular complexity index is 2630. The van der Waals surface area contributed by atoms with Crippen LogP contribution in [0.5, 0.6) is 5.75 Å². The molecular weight excluding hydrogens is 747 g/mol. The molecule has 5 aromatic carbocycles. The summed E-state index contributed by atoms with van der Waals surface area (Å²) >= 11 is 6.37. The largest absolute Gasteiger partial charge is 0.508 e. The molecule has 2 N–H and O–H groups in total. The smallest absolute Gasteiger partial charge is 0.260 e. The lowest BCUT2D eigenvalue weighted by molar-refractivity contribution is -0.138. The molecule has 10 nitrogen and oxygen atoms in total. The maximum absolute atomic E-state index is 15.2. The van der Waals surface area contributed by atoms with Crippen LogP contribution in [0.2, 0.25) is 5.02 Å². The molecule has 282 valence electrons. The van der Waals surface area contributed by atoms with E-state index in [4.69, 9.17) is 16.0 Å². The van der Waals surface area contributed by atoms with Gasteiger partial charge in [-0.1, -0.05) is 59.6 Å². The summed E-state index contributed by atoms with van der Waals surface area (Å²) in [5, 5.41) is 11.8. The van der Waals surface area contributed by atoms with Gasteiger partial charge in [0, 0.05) is 16.5 Å². The lowest BCUT2D eigenvalue weighted by atomic mass is 9.49. The Hall–Kier alpha value is -6.59. The second-order valence-corrected chi connectivity index (χ2v) is 15.4. The highest BCUT2D eigenvalue weighted by atomic mass is 35.5. The maximum atomic E-state index is 15.2. The molecule has 3 heterocycles. The summed E-state index contributed by atoms with van der Waals surface area (Å²) in [5.74, 6) is -5.67. The van der Waals surface area contributed by atoms with Crippen LogP contribution in [0.25, 0.3) is 22.6 Å². The van der Waals surface area contributed by atoms with Gasteiger partial charge in [0.2, 0.25) is 17.7 Å². The van der Waals surface area contributed by atoms with Crippen LogP contribution >= 0.6 is 11.6 Å². The van der Waals surface area contributed by atoms with Crippen LogP contribution in [0.1, 0.15) is 29.9 Å². The molecule has 12 heteroatoms. The number of fused-ring (bicyclic) bond motifs is 5. The molecule has 1 aromatic heterocycles. The van der Waals surface area contributed by atoms with Crippen molar-refractivity contribution >= 4 is 57.7 Å². The third kappa shape index (κ3) is 5.25. The number of oxazole rings is 1. The van der Waals surface area contributed by atoms with Gasteiger partial charge in [0.15, 0.2) is 5.58 Å². The van der Waals surface area contributed by atoms with Crippen LogP contribution in [-0.4, -0.2) is 38.7 Å². The molecule has 4 amide bonds. The number of aromatic hydroxyl groups is 1. The van der Waals surface area contributed by atoms with Crippen molar-refractivity contribution < 1.29 is 33.1 Å². The third-order valence-corrected chi connectivity index (χ3v) is 12.4. The van der Waals surface area contributed by atoms with Crippen molar-refractivity contribution in [3.05, 3.63) is 155 Å². The van der Waals surface area contributed by atoms with Gasteiger partial charge in [0.1, 0.15) is 17.1 Å². The summed E-state index contributed by atoms with van der Waals surface area (Å²) in [6.07, 6.45) is 2.31. The van der Waals surface area contributed by atoms with Gasteiger partial charge in [-0.25, -0.2) is 9.37 Å². The number of allylic oxidation sites excluding steroid dienone is 2. The molecule has 2 aliphatic heterocycles. The van der Waals surface area contributed by atoms with Gasteiger partial charge >= 0.3 is 0 Å². The standard InChI is InChI=1S/C45H32ClFN4O6/c46-27-11-9-26(10-12-27)45-35(42(54)51(44(45)56)49-29-15-13-28(47)14-16-29)23-34-32(39(45)24-7-19-31(52)20-8-24)21-22-33-38(34)43(55)50(41(33)53)30-17-5-25(6-18-30)40-48-36-3-1-2-4-37(36)57-40/h1-21,33-35,38-39,49,52H,22-23H2. The second kappa shape index (κ2) is 13.0. The van der Waals surface area contributed by atoms with E-state index in [0.29, 0.717) is 50.1 Å². The number of para-hydroxylation sites is 2. The summed E-state index contributed by atoms with van der Waals surface area (Å²) in [7, 11) is 0. The molecule has 0 spiro atoms. The molecule has 1 saturated carbocycles. The number of hydrogen-bond acceptors (Lipinski definition) is 8. The van der Waals surface area contributed by atoms with Gasteiger partial charge in [-0.05, 0) is 115 Å². The van der Waals surface area contributed by atoms with Crippen LogP contribution < -0.4 is 10.3 Å². The first-order chi connectivity index (χ1) is 27.6. The Morgan fingerprint density at radius 3 is 2.25 bits per heavy atom. The summed E-state index contributed by atoms with van der Waals surface area (Å²) in [6, 6.07) is 33.1. The molecule has 57 heavy (non-hydrogen) atoms. The quantitative estimate of drug-likeness (QED) is 0.128. The fourth-order valence-corrected chi connectivity index (χ4v) is 9.83. The average Bonchev–Trinajstić information content (AvgIpc) is 3.84. The van der Waals surface area contributed by atoms with Crippen LogP contribution in [-0.2, 0) is 24.6 Å². The van der Waals surface area contributed by atoms with Crippen molar-refractivity contribution in [3.8, 4) is 17.2 Å². The highest BCUT2D eigenvalue weighted by Gasteiger charge is 2.70. The molecule has 2 aliphatic carbocycles. The molecular formula is C45H32ClFN4O6. The second-order valence-electron chi connectivity index (χ2n) is 15.0. The number of hydrazine groups is 1. The molecule has 3 fully saturated rings. The molecule has 2 saturated heterocycles. The zero-order valence-electron chi connectivity index (χ0n) is 30.0. The van der Waals surface area contributed by atoms with Gasteiger partial charge in [-0.3, -0.25) is 29.5 Å². The number of amides is 4. The summed E-state index contributed by atoms with van der Waals surface area (Å²) in [4.78, 5) is 64.8. The van der Waals surface area contributed by atoms with E-state index < -0.39 is 52.6 Å². The van der Waals surface area contributed by atoms with E-state index >= 15 is 4.79 Å². The number of aromatic nitrogens is 1. The highest BCUT2D eigenvalue weighted by Crippen LogP contribution is 2.64. The maximum Gasteiger partial charge on any atom is 0.260 e. The topological polar surface area (TPSA) is 133 Å². The van der Waals surface area contributed by atoms with E-state index in [1.54, 1.807) is 60.7 Å². The summed E-state index contributed by atoms with van der Waals surface area (Å²) < 4.78 is 19.8. The minimum atomic E-state index is -1.52. The monoisotopic (exact) mass is 778 g/mol. The van der Waals surface area contributed by atoms with Crippen LogP contribution in [0.15, 0.2) is 137 Å². The van der Waals surface area contributed by atoms with Crippen molar-refractivity contribution in [2.75, 3.05) is 10.3 Å². The summed E-state index contributed by atoms with van der Waals surface area (Å²) in [6.45, 7) is 0. The number of phenols is 1. The number of phenolic OH excluding ortho intramolecular Hbond substituents is 1. The predicted molar refractivity (Wildman–Crippen MR) is 209 cm³/mol. The lowest BCUT2D eigenvalue weighted by Gasteiger charge is -2.50. The number of nitrogens with zero attached hydrogens (tertiary/aromatic N) is 3. The van der Waals surface area contributed by atoms with Crippen molar-refractivity contribution in [2.24, 2.45) is 23.7 Å². The number of carbonyl (C=O) groups excluding carboxylic acids is 4. The van der Waals surface area contributed by atoms with E-state index in [2.05, 4.69) is 10.4 Å². The average molecular weight is 779 g/mol. The minimum absolute atomic E-state index is 0.0173. The van der Waals surface area contributed by atoms with Gasteiger partial charge in [0.05, 0.1) is 34.5 Å². The van der Waals surface area contributed by atoms with Crippen LogP contribution in [0.3, 0.4) is 0 Å². The normalized spacial score (nSPS) is 25.4. The minimum Gasteiger partial charge on any atom is -0.508 e. The molecule has 6 atom stereocenters. The highest BCUT2D eigenvalue weighted by molar-refractivity contribution is 6.30. The Morgan fingerprint density at radius 1 is 0.807 bits per heavy atom. The molecule has 6 unspecified atom stereocenters. The Labute approximate surface area is 330 Å². The first-order valence-electron chi connectivity index (χ1n) is 18.6. The van der Waals surface area contributed by atoms with Gasteiger partial charge < -0.3 is 9.52 Å². The number of carbonyl (C=O) groups is 4. The Balaban J connectivity index is 1.07. The lowest BCUT2D eigenvalue weighted by Crippen LogP contribution is -2.53. The van der Waals surface area contributed by atoms with E-state index in [-0.39, 0.29) is 30.4 Å². The molecule has 0 radical (unpaired) electrons. The molecule has 4 aliphatic rings. The van der Waals surface area contributed by atoms with Crippen molar-refractivity contribution in [1.82, 2.24) is 9.99 Å². The van der Waals surface area contributed by atoms with Crippen molar-refractivity contribution in [1.29, 1.82) is 0 Å². The van der Waals surface area contributed by atoms with E-state index in [1.807, 2.05) is 30.3 Å². The number of hydrogen-bond donors (Lipinski definition) is 2. The van der Waals surface area contributed by atoms with Gasteiger partial charge in [-0.15, -0.1) is 0 Å². The fraction of sp³-hybridized carbons (Fsp3) is 0.178. The zero-order chi connectivity index (χ0) is 39.2. The number of anilines is 2. The van der Waals surface area contributed by atoms with E-state index in [1.165, 1.54) is 41.3 Å². The van der Waals surface area contributed by atoms with Gasteiger partial charge in [-0.2, -0.15) is 5.01 Å². The SMILES string of the molecule is O=C1C2CC3C(=CCC4C(=O)N(c5ccc(-c6nc7ccccc7o6)cc5)C(=O)C43)C(c3ccc(O)cc3)C2(c2ccc(Cl)cc2)C(=O)N1Nc1ccc(F)cc1. The number of rotatable bonds is 6. The number of nitrogens with one attached hydrogen (secondary N) is 1. The first kappa shape index (κ1) is 34.9. The van der Waals surface area contributed by atoms with Crippen molar-refractivity contribution in [2.45, 2.75) is 24.2 Å². The van der Waals surface area contributed by atoms with E-state index in [9.17, 15) is 23.9 Å². The third-order valence-electron chi connectivity index (χ3n) is 12.1. The molecule has 10 rings (SSSR count). The van der Waals surface area contributed by atoms with E-state index in [0.717, 1.165) is 10.6 Å². The van der Waals surface area contributed by atoms with Crippen LogP contribution in [0, 0.1) is 29.5 Å². The summed E-state index contributed by atoms with van der Waals surface area (Å²) in [5.41, 5.74) is 6.17. The Morgan fingerprint density at radius 2 is 1.53 bits per heavy atom. The van der Waals surface area contributed by atoms with Crippen molar-refractivity contribution in [3.63, 3.8) is 0 Å².